The van der Waals surface area contributed by atoms with Gasteiger partial charge in [0.1, 0.15) is 9.88 Å². The second-order valence-electron chi connectivity index (χ2n) is 6.14. The molecule has 116 valence electrons. The van der Waals surface area contributed by atoms with Crippen molar-refractivity contribution in [3.05, 3.63) is 15.6 Å². The van der Waals surface area contributed by atoms with Gasteiger partial charge in [-0.25, -0.2) is 4.98 Å². The van der Waals surface area contributed by atoms with Crippen molar-refractivity contribution in [3.63, 3.8) is 0 Å². The molecule has 0 saturated carbocycles. The Labute approximate surface area is 129 Å². The molecule has 0 N–H and O–H groups in total. The largest absolute Gasteiger partial charge is 0.378 e. The Bertz CT molecular complexity index is 531. The van der Waals surface area contributed by atoms with Gasteiger partial charge in [-0.05, 0) is 32.7 Å². The van der Waals surface area contributed by atoms with Gasteiger partial charge in [0.2, 0.25) is 0 Å². The summed E-state index contributed by atoms with van der Waals surface area (Å²) >= 11 is 1.48. The molecule has 2 fully saturated rings. The van der Waals surface area contributed by atoms with Crippen LogP contribution in [0.25, 0.3) is 0 Å². The number of carbonyl (C=O) groups is 1. The summed E-state index contributed by atoms with van der Waals surface area (Å²) in [6, 6.07) is 0.378. The third-order valence-corrected chi connectivity index (χ3v) is 5.65. The highest BCUT2D eigenvalue weighted by Gasteiger charge is 2.40. The van der Waals surface area contributed by atoms with E-state index in [4.69, 9.17) is 4.74 Å². The van der Waals surface area contributed by atoms with E-state index < -0.39 is 0 Å². The Morgan fingerprint density at radius 2 is 2.29 bits per heavy atom. The summed E-state index contributed by atoms with van der Waals surface area (Å²) in [5, 5.41) is 0.885. The molecule has 0 radical (unpaired) electrons. The fraction of sp³-hybridized carbons (Fsp3) is 0.733. The van der Waals surface area contributed by atoms with Crippen molar-refractivity contribution in [1.29, 1.82) is 0 Å². The highest BCUT2D eigenvalue weighted by molar-refractivity contribution is 7.13. The van der Waals surface area contributed by atoms with Crippen LogP contribution in [0.5, 0.6) is 0 Å². The van der Waals surface area contributed by atoms with Gasteiger partial charge >= 0.3 is 0 Å². The van der Waals surface area contributed by atoms with Crippen molar-refractivity contribution in [1.82, 2.24) is 14.8 Å². The van der Waals surface area contributed by atoms with E-state index in [0.29, 0.717) is 18.6 Å². The number of piperidine rings is 1. The number of carbonyl (C=O) groups excluding carboxylic acids is 1. The van der Waals surface area contributed by atoms with Crippen molar-refractivity contribution in [2.45, 2.75) is 32.4 Å². The molecule has 2 aliphatic heterocycles. The van der Waals surface area contributed by atoms with Crippen LogP contribution in [-0.4, -0.2) is 60.5 Å². The van der Waals surface area contributed by atoms with Gasteiger partial charge in [-0.15, -0.1) is 11.3 Å². The Balaban J connectivity index is 1.81. The number of aryl methyl sites for hydroxylation is 1. The van der Waals surface area contributed by atoms with Crippen LogP contribution in [0.4, 0.5) is 0 Å². The Kier molecular flexibility index (Phi) is 4.28. The zero-order valence-electron chi connectivity index (χ0n) is 13.0. The van der Waals surface area contributed by atoms with Gasteiger partial charge < -0.3 is 14.5 Å². The quantitative estimate of drug-likeness (QED) is 0.853. The fourth-order valence-electron chi connectivity index (χ4n) is 3.61. The number of ether oxygens (including phenoxy) is 1. The number of nitrogens with zero attached hydrogens (tertiary/aromatic N) is 3. The maximum atomic E-state index is 12.9. The topological polar surface area (TPSA) is 45.7 Å². The zero-order chi connectivity index (χ0) is 15.0. The van der Waals surface area contributed by atoms with Crippen LogP contribution >= 0.6 is 11.3 Å². The molecule has 0 unspecified atom stereocenters. The number of methoxy groups -OCH3 is 1. The first kappa shape index (κ1) is 14.9. The van der Waals surface area contributed by atoms with Gasteiger partial charge in [0.15, 0.2) is 0 Å². The molecule has 2 aliphatic rings. The van der Waals surface area contributed by atoms with Crippen LogP contribution < -0.4 is 0 Å². The molecule has 5 nitrogen and oxygen atoms in total. The lowest BCUT2D eigenvalue weighted by atomic mass is 9.92. The predicted octanol–water partition coefficient (Wildman–Crippen LogP) is 1.76. The van der Waals surface area contributed by atoms with Crippen molar-refractivity contribution in [2.75, 3.05) is 33.8 Å². The van der Waals surface area contributed by atoms with E-state index in [0.717, 1.165) is 41.6 Å². The van der Waals surface area contributed by atoms with Crippen LogP contribution in [0.2, 0.25) is 0 Å². The van der Waals surface area contributed by atoms with Crippen molar-refractivity contribution in [3.8, 4) is 0 Å². The van der Waals surface area contributed by atoms with E-state index >= 15 is 0 Å². The molecule has 1 aromatic rings. The van der Waals surface area contributed by atoms with Gasteiger partial charge in [-0.1, -0.05) is 0 Å². The molecular weight excluding hydrogens is 286 g/mol. The van der Waals surface area contributed by atoms with Crippen LogP contribution in [0.1, 0.15) is 33.2 Å². The Hall–Kier alpha value is -0.980. The first-order chi connectivity index (χ1) is 10.1. The van der Waals surface area contributed by atoms with Gasteiger partial charge in [0.05, 0.1) is 12.3 Å². The number of likely N-dealkylation sites (N-methyl/N-ethyl adjacent to an activating group) is 1. The lowest BCUT2D eigenvalue weighted by molar-refractivity contribution is 0.0576. The van der Waals surface area contributed by atoms with Gasteiger partial charge in [0, 0.05) is 32.8 Å². The number of hydrogen-bond donors (Lipinski definition) is 0. The summed E-state index contributed by atoms with van der Waals surface area (Å²) in [6.45, 7) is 5.40. The van der Waals surface area contributed by atoms with Crippen LogP contribution in [0.3, 0.4) is 0 Å². The smallest absolute Gasteiger partial charge is 0.266 e. The molecule has 0 aromatic carbocycles. The van der Waals surface area contributed by atoms with Crippen LogP contribution in [0, 0.1) is 12.8 Å². The van der Waals surface area contributed by atoms with Gasteiger partial charge in [-0.3, -0.25) is 4.79 Å². The molecule has 6 heteroatoms. The van der Waals surface area contributed by atoms with E-state index in [-0.39, 0.29) is 5.91 Å². The third-order valence-electron chi connectivity index (χ3n) is 4.53. The molecular formula is C15H23N3O2S. The SMILES string of the molecule is COCc1nc(C)c(C(=O)N2CCC[C@H]3CN(C)C[C@H]32)s1. The molecule has 0 spiro atoms. The lowest BCUT2D eigenvalue weighted by Gasteiger charge is -2.36. The third kappa shape index (κ3) is 2.84. The molecule has 3 rings (SSSR count). The average molecular weight is 309 g/mol. The lowest BCUT2D eigenvalue weighted by Crippen LogP contribution is -2.48. The van der Waals surface area contributed by atoms with Crippen molar-refractivity contribution < 1.29 is 9.53 Å². The fourth-order valence-corrected chi connectivity index (χ4v) is 4.60. The van der Waals surface area contributed by atoms with Crippen LogP contribution in [-0.2, 0) is 11.3 Å². The average Bonchev–Trinajstić information content (AvgIpc) is 3.00. The highest BCUT2D eigenvalue weighted by atomic mass is 32.1. The second-order valence-corrected chi connectivity index (χ2v) is 7.23. The second kappa shape index (κ2) is 6.02. The zero-order valence-corrected chi connectivity index (χ0v) is 13.8. The molecule has 0 aliphatic carbocycles. The molecule has 3 heterocycles. The van der Waals surface area contributed by atoms with E-state index in [1.807, 2.05) is 6.92 Å². The van der Waals surface area contributed by atoms with E-state index in [9.17, 15) is 4.79 Å². The summed E-state index contributed by atoms with van der Waals surface area (Å²) in [4.78, 5) is 22.6. The van der Waals surface area contributed by atoms with Gasteiger partial charge in [0.25, 0.3) is 5.91 Å². The predicted molar refractivity (Wildman–Crippen MR) is 82.6 cm³/mol. The maximum absolute atomic E-state index is 12.9. The summed E-state index contributed by atoms with van der Waals surface area (Å²) in [5.74, 6) is 0.803. The number of aromatic nitrogens is 1. The Morgan fingerprint density at radius 3 is 3.05 bits per heavy atom. The molecule has 2 saturated heterocycles. The first-order valence-corrected chi connectivity index (χ1v) is 8.36. The Morgan fingerprint density at radius 1 is 1.48 bits per heavy atom. The number of hydrogen-bond acceptors (Lipinski definition) is 5. The van der Waals surface area contributed by atoms with E-state index in [2.05, 4.69) is 21.8 Å². The maximum Gasteiger partial charge on any atom is 0.266 e. The minimum absolute atomic E-state index is 0.164. The minimum atomic E-state index is 0.164. The number of likely N-dealkylation sites (tertiary alicyclic amines) is 2. The minimum Gasteiger partial charge on any atom is -0.378 e. The normalized spacial score (nSPS) is 26.1. The summed E-state index contributed by atoms with van der Waals surface area (Å²) in [6.07, 6.45) is 2.36. The molecule has 0 bridgehead atoms. The van der Waals surface area contributed by atoms with Crippen molar-refractivity contribution >= 4 is 17.2 Å². The summed E-state index contributed by atoms with van der Waals surface area (Å²) in [5.41, 5.74) is 0.838. The van der Waals surface area contributed by atoms with Crippen molar-refractivity contribution in [2.24, 2.45) is 5.92 Å². The number of thiazole rings is 1. The number of amides is 1. The molecule has 2 atom stereocenters. The summed E-state index contributed by atoms with van der Waals surface area (Å²) < 4.78 is 5.12. The molecule has 1 aromatic heterocycles. The van der Waals surface area contributed by atoms with Gasteiger partial charge in [-0.2, -0.15) is 0 Å². The monoisotopic (exact) mass is 309 g/mol. The highest BCUT2D eigenvalue weighted by Crippen LogP contribution is 2.32. The number of fused-ring (bicyclic) bond motifs is 1. The molecule has 21 heavy (non-hydrogen) atoms. The standard InChI is InChI=1S/C15H23N3O2S/c1-10-14(21-13(16-10)9-20-3)15(19)18-6-4-5-11-7-17(2)8-12(11)18/h11-12H,4-9H2,1-3H3/t11-,12+/m0/s1. The van der Waals surface area contributed by atoms with Crippen LogP contribution in [0.15, 0.2) is 0 Å². The molecule has 1 amide bonds. The summed E-state index contributed by atoms with van der Waals surface area (Å²) in [7, 11) is 3.80. The first-order valence-electron chi connectivity index (χ1n) is 7.55. The number of rotatable bonds is 3. The van der Waals surface area contributed by atoms with E-state index in [1.165, 1.54) is 17.8 Å². The van der Waals surface area contributed by atoms with E-state index in [1.54, 1.807) is 7.11 Å².